The first-order valence-corrected chi connectivity index (χ1v) is 41.7. The Balaban J connectivity index is 0.754. The van der Waals surface area contributed by atoms with Crippen molar-refractivity contribution in [1.29, 1.82) is 0 Å². The van der Waals surface area contributed by atoms with E-state index in [1.54, 1.807) is 18.9 Å². The molecule has 1 unspecified atom stereocenters. The van der Waals surface area contributed by atoms with Gasteiger partial charge in [0.05, 0.1) is 105 Å². The van der Waals surface area contributed by atoms with Gasteiger partial charge in [-0.15, -0.1) is 0 Å². The Bertz CT molecular complexity index is 3370. The number of H-pyrrole nitrogens is 1. The third-order valence-corrected chi connectivity index (χ3v) is 30.8. The number of nitrogens with zero attached hydrogens (tertiary/aromatic N) is 8. The number of aliphatic hydroxyl groups is 3. The van der Waals surface area contributed by atoms with Gasteiger partial charge in [-0.2, -0.15) is 0 Å². The number of fused-ring (bicyclic) bond motifs is 6. The largest absolute Gasteiger partial charge is 0.496 e. The molecule has 1 amide bonds. The van der Waals surface area contributed by atoms with Crippen LogP contribution in [0.2, 0.25) is 32.2 Å². The van der Waals surface area contributed by atoms with Gasteiger partial charge in [-0.25, -0.2) is 9.97 Å². The number of hydrogen-bond donors (Lipinski definition) is 5. The highest BCUT2D eigenvalue weighted by Crippen LogP contribution is 2.68. The van der Waals surface area contributed by atoms with E-state index >= 15 is 9.59 Å². The van der Waals surface area contributed by atoms with Crippen LogP contribution >= 0.6 is 11.8 Å². The molecular formula is C69H104N10O14SSi2. The number of benzene rings is 2. The number of esters is 1. The maximum atomic E-state index is 15.6. The number of aliphatic hydroxyl groups excluding tert-OH is 1. The number of rotatable bonds is 36. The molecule has 1 spiro atoms. The molecule has 2 bridgehead atoms. The Morgan fingerprint density at radius 1 is 0.854 bits per heavy atom. The lowest BCUT2D eigenvalue weighted by atomic mass is 9.47. The number of aromatic nitrogens is 3. The van der Waals surface area contributed by atoms with E-state index in [0.29, 0.717) is 186 Å². The first-order chi connectivity index (χ1) is 46.2. The smallest absolute Gasteiger partial charge is 0.322 e. The third-order valence-electron chi connectivity index (χ3n) is 21.0. The van der Waals surface area contributed by atoms with Crippen LogP contribution in [0.25, 0.3) is 21.3 Å². The van der Waals surface area contributed by atoms with Crippen molar-refractivity contribution in [3.8, 4) is 5.75 Å². The normalized spacial score (nSPS) is 27.6. The number of methoxy groups -OCH3 is 2. The summed E-state index contributed by atoms with van der Waals surface area (Å²) in [5, 5.41) is 48.3. The number of aromatic amines is 1. The summed E-state index contributed by atoms with van der Waals surface area (Å²) in [5.74, 6) is -0.695. The summed E-state index contributed by atoms with van der Waals surface area (Å²) < 4.78 is 52.8. The van der Waals surface area contributed by atoms with Crippen LogP contribution in [0.15, 0.2) is 71.2 Å². The zero-order valence-electron chi connectivity index (χ0n) is 57.9. The molecule has 2 aromatic heterocycles. The molecule has 5 aliphatic heterocycles. The summed E-state index contributed by atoms with van der Waals surface area (Å²) in [6.45, 7) is 22.3. The van der Waals surface area contributed by atoms with E-state index < -0.39 is 68.1 Å². The fraction of sp³-hybridized carbons (Fsp3) is 0.681. The molecule has 2 saturated heterocycles. The molecule has 5 N–H and O–H groups in total. The van der Waals surface area contributed by atoms with E-state index in [4.69, 9.17) is 47.5 Å². The highest BCUT2D eigenvalue weighted by atomic mass is 32.2. The second-order valence-corrected chi connectivity index (χ2v) is 38.3. The Labute approximate surface area is 572 Å². The van der Waals surface area contributed by atoms with E-state index in [9.17, 15) is 15.3 Å². The predicted molar refractivity (Wildman–Crippen MR) is 373 cm³/mol. The lowest BCUT2D eigenvalue weighted by molar-refractivity contribution is -0.203. The van der Waals surface area contributed by atoms with Crippen molar-refractivity contribution in [3.63, 3.8) is 0 Å². The number of thioether (sulfide) groups is 1. The van der Waals surface area contributed by atoms with Crippen LogP contribution in [0.4, 0.5) is 5.69 Å². The molecule has 96 heavy (non-hydrogen) atoms. The van der Waals surface area contributed by atoms with Gasteiger partial charge in [-0.1, -0.05) is 61.1 Å². The van der Waals surface area contributed by atoms with Crippen molar-refractivity contribution in [2.75, 3.05) is 157 Å². The van der Waals surface area contributed by atoms with Crippen molar-refractivity contribution < 1.29 is 66.9 Å². The first kappa shape index (κ1) is 73.7. The topological polar surface area (TPSA) is 290 Å². The van der Waals surface area contributed by atoms with Crippen molar-refractivity contribution in [2.45, 2.75) is 143 Å². The average Bonchev–Trinajstić information content (AvgIpc) is 1.46. The van der Waals surface area contributed by atoms with Gasteiger partial charge in [0, 0.05) is 120 Å². The molecule has 1 aliphatic carbocycles. The van der Waals surface area contributed by atoms with Gasteiger partial charge in [0.25, 0.3) is 5.91 Å². The van der Waals surface area contributed by atoms with E-state index in [2.05, 4.69) is 96.6 Å². The minimum Gasteiger partial charge on any atom is -0.496 e. The molecule has 10 atom stereocenters. The quantitative estimate of drug-likeness (QED) is 0.00345. The highest BCUT2D eigenvalue weighted by molar-refractivity contribution is 8.00. The van der Waals surface area contributed by atoms with Crippen molar-refractivity contribution in [2.24, 2.45) is 16.4 Å². The molecule has 4 aromatic rings. The maximum Gasteiger partial charge on any atom is 0.322 e. The van der Waals surface area contributed by atoms with Gasteiger partial charge in [0.15, 0.2) is 27.4 Å². The highest BCUT2D eigenvalue weighted by Gasteiger charge is 2.79. The number of likely N-dealkylation sites (N-methyl/N-ethyl adjacent to an activating group) is 1. The zero-order valence-corrected chi connectivity index (χ0v) is 60.7. The number of nitrogens with one attached hydrogen (secondary N) is 2. The van der Waals surface area contributed by atoms with Gasteiger partial charge in [0.2, 0.25) is 0 Å². The van der Waals surface area contributed by atoms with Crippen LogP contribution < -0.4 is 15.0 Å². The number of amides is 1. The van der Waals surface area contributed by atoms with Gasteiger partial charge in [-0.3, -0.25) is 19.4 Å². The number of anilines is 1. The fourth-order valence-corrected chi connectivity index (χ4v) is 27.4. The average molecular weight is 1390 g/mol. The second kappa shape index (κ2) is 32.1. The molecule has 1 saturated carbocycles. The van der Waals surface area contributed by atoms with Crippen LogP contribution in [-0.4, -0.2) is 250 Å². The molecule has 2 aromatic carbocycles. The van der Waals surface area contributed by atoms with Gasteiger partial charge in [0.1, 0.15) is 17.3 Å². The number of para-hydroxylation sites is 1. The second-order valence-electron chi connectivity index (χ2n) is 28.1. The summed E-state index contributed by atoms with van der Waals surface area (Å²) in [4.78, 5) is 53.8. The number of hydrogen-bond acceptors (Lipinski definition) is 21. The third kappa shape index (κ3) is 15.3. The Morgan fingerprint density at radius 3 is 2.17 bits per heavy atom. The summed E-state index contributed by atoms with van der Waals surface area (Å²) in [7, 11) is 0.465. The number of carbonyl (C=O) groups is 2. The lowest BCUT2D eigenvalue weighted by Crippen LogP contribution is -2.81. The van der Waals surface area contributed by atoms with Crippen LogP contribution in [0, 0.1) is 11.3 Å². The molecule has 24 nitrogen and oxygen atoms in total. The van der Waals surface area contributed by atoms with Crippen molar-refractivity contribution >= 4 is 56.9 Å². The minimum atomic E-state index is -2.30. The first-order valence-electron chi connectivity index (χ1n) is 34.5. The maximum absolute atomic E-state index is 15.6. The van der Waals surface area contributed by atoms with Crippen molar-refractivity contribution in [3.05, 3.63) is 99.3 Å². The summed E-state index contributed by atoms with van der Waals surface area (Å²) in [6, 6.07) is 11.9. The fourth-order valence-electron chi connectivity index (χ4n) is 17.0. The van der Waals surface area contributed by atoms with E-state index in [1.165, 1.54) is 7.11 Å². The Kier molecular flexibility index (Phi) is 24.6. The SMILES string of the molecule is CC[C@]1(O)C[C@H]2CN(CCc3c([nH]c4ccccc34)[C@@](C(=O)OC)(c3cc4c(cc3OC)N(C)[C@H]3[C@@](O)(C(=O)NCCC[Si](C)(C)O[Si](C)(C)CSc5ncc(CCOCCOCCOCCOCCOCCOCCN=[N+]=[N-])cn5)[C@H](O)[C@]5(CC)C=CCN6CC[C@]43[C@@H]65)C2)C1. The number of azide groups is 1. The minimum absolute atomic E-state index is 0.115. The van der Waals surface area contributed by atoms with Gasteiger partial charge >= 0.3 is 5.97 Å². The Morgan fingerprint density at radius 2 is 1.52 bits per heavy atom. The van der Waals surface area contributed by atoms with Gasteiger partial charge in [-0.05, 0) is 130 Å². The molecule has 3 fully saturated rings. The predicted octanol–water partition coefficient (Wildman–Crippen LogP) is 7.25. The monoisotopic (exact) mass is 1380 g/mol. The summed E-state index contributed by atoms with van der Waals surface area (Å²) >= 11 is 1.60. The molecule has 7 heterocycles. The molecule has 10 rings (SSSR count). The molecular weight excluding hydrogens is 1280 g/mol. The summed E-state index contributed by atoms with van der Waals surface area (Å²) in [5.41, 5.74) is 7.59. The van der Waals surface area contributed by atoms with Gasteiger partial charge < -0.3 is 72.5 Å². The molecule has 528 valence electrons. The zero-order chi connectivity index (χ0) is 68.4. The number of carbonyl (C=O) groups excluding carboxylic acids is 2. The van der Waals surface area contributed by atoms with Crippen LogP contribution in [0.1, 0.15) is 80.3 Å². The van der Waals surface area contributed by atoms with E-state index in [0.717, 1.165) is 50.4 Å². The van der Waals surface area contributed by atoms with Crippen LogP contribution in [0.3, 0.4) is 0 Å². The van der Waals surface area contributed by atoms with E-state index in [1.807, 2.05) is 56.4 Å². The lowest BCUT2D eigenvalue weighted by Gasteiger charge is -2.63. The van der Waals surface area contributed by atoms with Crippen LogP contribution in [-0.2, 0) is 70.5 Å². The molecule has 6 aliphatic rings. The van der Waals surface area contributed by atoms with Crippen LogP contribution in [0.5, 0.6) is 5.75 Å². The number of piperidine rings is 1. The van der Waals surface area contributed by atoms with Crippen molar-refractivity contribution in [1.82, 2.24) is 30.1 Å². The standard InChI is InChI=1S/C69H104N10O14SSi2/c1-10-65(83)42-50-43-68(63(82)86-5,58-52(18-25-78(46-50)47-65)51-16-12-13-17-55(51)75-58)54-40-53-56(41-57(54)85-4)77(3)60-67(53)21-26-79-24-14-20-66(11-2,59(67)79)61(80)69(60,84)62(81)71-22-15-39-95(6,7)93-96(8,9)48-94-64-72-44-49(45-73-64)19-27-87-29-31-89-33-35-91-37-38-92-36-34-90-32-30-88-28-23-74-76-70/h12-14,16-17,20,40-41,44-45,50,59-61,75,80,83-84H,10-11,15,18-19,21-39,42-43,46-48H2,1-9H3,(H,71,81)/t50-,59+,60-,61-,65+,66-,67-,68+,69+/m1/s1. The summed E-state index contributed by atoms with van der Waals surface area (Å²) in [6.07, 6.45) is 10.8. The molecule has 0 radical (unpaired) electrons. The number of ether oxygens (including phenoxy) is 8. The Hall–Kier alpha value is -5.05. The molecule has 27 heteroatoms. The van der Waals surface area contributed by atoms with E-state index in [-0.39, 0.29) is 18.5 Å².